The van der Waals surface area contributed by atoms with Crippen molar-refractivity contribution in [2.45, 2.75) is 11.8 Å². The lowest BCUT2D eigenvalue weighted by atomic mass is 9.99. The van der Waals surface area contributed by atoms with Gasteiger partial charge in [-0.05, 0) is 17.2 Å². The predicted octanol–water partition coefficient (Wildman–Crippen LogP) is 4.40. The van der Waals surface area contributed by atoms with E-state index in [2.05, 4.69) is 0 Å². The number of benzene rings is 2. The summed E-state index contributed by atoms with van der Waals surface area (Å²) < 4.78 is 0. The lowest BCUT2D eigenvalue weighted by molar-refractivity contribution is 0.103. The molecule has 0 aliphatic carbocycles. The van der Waals surface area contributed by atoms with Crippen LogP contribution >= 0.6 is 23.2 Å². The van der Waals surface area contributed by atoms with Gasteiger partial charge in [-0.2, -0.15) is 0 Å². The first-order chi connectivity index (χ1) is 8.76. The molecule has 0 saturated carbocycles. The Hall–Kier alpha value is -1.31. The van der Waals surface area contributed by atoms with Crippen LogP contribution in [0.1, 0.15) is 27.0 Å². The summed E-state index contributed by atoms with van der Waals surface area (Å²) in [6, 6.07) is 14.7. The quantitative estimate of drug-likeness (QED) is 0.599. The van der Waals surface area contributed by atoms with Gasteiger partial charge in [0.25, 0.3) is 0 Å². The van der Waals surface area contributed by atoms with Crippen LogP contribution in [0.3, 0.4) is 0 Å². The third-order valence-corrected chi connectivity index (χ3v) is 3.37. The van der Waals surface area contributed by atoms with E-state index in [9.17, 15) is 4.79 Å². The molecule has 0 N–H and O–H groups in total. The molecule has 0 spiro atoms. The maximum absolute atomic E-state index is 12.2. The van der Waals surface area contributed by atoms with Gasteiger partial charge in [-0.15, -0.1) is 23.2 Å². The summed E-state index contributed by atoms with van der Waals surface area (Å²) in [6.45, 7) is 0. The number of hydrogen-bond donors (Lipinski definition) is 0. The van der Waals surface area contributed by atoms with Gasteiger partial charge < -0.3 is 0 Å². The average Bonchev–Trinajstić information content (AvgIpc) is 2.46. The SMILES string of the molecule is O=C(c1ccccc1)c1ccc(CCl)c(CCl)c1. The summed E-state index contributed by atoms with van der Waals surface area (Å²) in [4.78, 5) is 12.2. The minimum Gasteiger partial charge on any atom is -0.289 e. The van der Waals surface area contributed by atoms with Gasteiger partial charge in [0.1, 0.15) is 0 Å². The Kier molecular flexibility index (Phi) is 4.40. The maximum atomic E-state index is 12.2. The van der Waals surface area contributed by atoms with E-state index in [1.54, 1.807) is 18.2 Å². The van der Waals surface area contributed by atoms with Crippen molar-refractivity contribution in [2.75, 3.05) is 0 Å². The van der Waals surface area contributed by atoms with Crippen molar-refractivity contribution in [3.8, 4) is 0 Å². The van der Waals surface area contributed by atoms with Crippen molar-refractivity contribution < 1.29 is 4.79 Å². The highest BCUT2D eigenvalue weighted by atomic mass is 35.5. The molecule has 2 rings (SSSR count). The molecule has 18 heavy (non-hydrogen) atoms. The predicted molar refractivity (Wildman–Crippen MR) is 75.4 cm³/mol. The summed E-state index contributed by atoms with van der Waals surface area (Å²) in [5.41, 5.74) is 3.20. The largest absolute Gasteiger partial charge is 0.289 e. The highest BCUT2D eigenvalue weighted by Gasteiger charge is 2.10. The van der Waals surface area contributed by atoms with Crippen molar-refractivity contribution in [3.63, 3.8) is 0 Å². The molecule has 0 aromatic heterocycles. The van der Waals surface area contributed by atoms with Gasteiger partial charge in [-0.25, -0.2) is 0 Å². The molecule has 0 amide bonds. The Morgan fingerprint density at radius 1 is 0.833 bits per heavy atom. The molecule has 3 heteroatoms. The smallest absolute Gasteiger partial charge is 0.193 e. The van der Waals surface area contributed by atoms with Gasteiger partial charge in [0.15, 0.2) is 5.78 Å². The Morgan fingerprint density at radius 2 is 1.50 bits per heavy atom. The minimum atomic E-state index is 0.00286. The van der Waals surface area contributed by atoms with Crippen molar-refractivity contribution in [1.82, 2.24) is 0 Å². The molecular weight excluding hydrogens is 267 g/mol. The van der Waals surface area contributed by atoms with E-state index in [1.807, 2.05) is 30.3 Å². The van der Waals surface area contributed by atoms with Crippen molar-refractivity contribution in [1.29, 1.82) is 0 Å². The van der Waals surface area contributed by atoms with Crippen LogP contribution in [-0.2, 0) is 11.8 Å². The first-order valence-electron chi connectivity index (χ1n) is 5.59. The Bertz CT molecular complexity index is 550. The normalized spacial score (nSPS) is 10.3. The van der Waals surface area contributed by atoms with Crippen LogP contribution in [-0.4, -0.2) is 5.78 Å². The third-order valence-electron chi connectivity index (χ3n) is 2.79. The van der Waals surface area contributed by atoms with Crippen LogP contribution < -0.4 is 0 Å². The molecule has 0 bridgehead atoms. The van der Waals surface area contributed by atoms with Gasteiger partial charge in [-0.1, -0.05) is 42.5 Å². The zero-order chi connectivity index (χ0) is 13.0. The molecule has 0 fully saturated rings. The van der Waals surface area contributed by atoms with Crippen LogP contribution in [0, 0.1) is 0 Å². The van der Waals surface area contributed by atoms with Gasteiger partial charge >= 0.3 is 0 Å². The fraction of sp³-hybridized carbons (Fsp3) is 0.133. The van der Waals surface area contributed by atoms with Crippen molar-refractivity contribution >= 4 is 29.0 Å². The summed E-state index contributed by atoms with van der Waals surface area (Å²) in [5, 5.41) is 0. The summed E-state index contributed by atoms with van der Waals surface area (Å²) >= 11 is 11.7. The molecule has 0 radical (unpaired) electrons. The van der Waals surface area contributed by atoms with Crippen LogP contribution in [0.25, 0.3) is 0 Å². The summed E-state index contributed by atoms with van der Waals surface area (Å²) in [7, 11) is 0. The number of carbonyl (C=O) groups is 1. The fourth-order valence-corrected chi connectivity index (χ4v) is 2.29. The van der Waals surface area contributed by atoms with E-state index < -0.39 is 0 Å². The standard InChI is InChI=1S/C15H12Cl2O/c16-9-13-7-6-12(8-14(13)10-17)15(18)11-4-2-1-3-5-11/h1-8H,9-10H2. The van der Waals surface area contributed by atoms with Gasteiger partial charge in [0.05, 0.1) is 0 Å². The summed E-state index contributed by atoms with van der Waals surface area (Å²) in [5.74, 6) is 0.767. The van der Waals surface area contributed by atoms with Gasteiger partial charge in [0.2, 0.25) is 0 Å². The first kappa shape index (κ1) is 13.1. The second-order valence-corrected chi connectivity index (χ2v) is 4.48. The van der Waals surface area contributed by atoms with E-state index in [0.29, 0.717) is 22.9 Å². The van der Waals surface area contributed by atoms with E-state index in [4.69, 9.17) is 23.2 Å². The Labute approximate surface area is 116 Å². The highest BCUT2D eigenvalue weighted by molar-refractivity contribution is 6.19. The molecule has 1 nitrogen and oxygen atoms in total. The topological polar surface area (TPSA) is 17.1 Å². The second kappa shape index (κ2) is 6.03. The van der Waals surface area contributed by atoms with Crippen LogP contribution in [0.2, 0.25) is 0 Å². The van der Waals surface area contributed by atoms with E-state index in [1.165, 1.54) is 0 Å². The molecule has 92 valence electrons. The zero-order valence-electron chi connectivity index (χ0n) is 9.70. The second-order valence-electron chi connectivity index (χ2n) is 3.95. The number of rotatable bonds is 4. The van der Waals surface area contributed by atoms with Crippen LogP contribution in [0.15, 0.2) is 48.5 Å². The molecule has 2 aromatic rings. The van der Waals surface area contributed by atoms with E-state index in [-0.39, 0.29) is 5.78 Å². The molecule has 0 saturated heterocycles. The highest BCUT2D eigenvalue weighted by Crippen LogP contribution is 2.18. The number of carbonyl (C=O) groups excluding carboxylic acids is 1. The minimum absolute atomic E-state index is 0.00286. The lowest BCUT2D eigenvalue weighted by Crippen LogP contribution is -2.02. The number of ketones is 1. The number of hydrogen-bond acceptors (Lipinski definition) is 1. The number of halogens is 2. The lowest BCUT2D eigenvalue weighted by Gasteiger charge is -2.07. The van der Waals surface area contributed by atoms with Crippen molar-refractivity contribution in [2.24, 2.45) is 0 Å². The summed E-state index contributed by atoms with van der Waals surface area (Å²) in [6.07, 6.45) is 0. The van der Waals surface area contributed by atoms with Crippen LogP contribution in [0.5, 0.6) is 0 Å². The molecule has 0 aliphatic rings. The first-order valence-corrected chi connectivity index (χ1v) is 6.66. The molecule has 2 aromatic carbocycles. The molecule has 0 atom stereocenters. The van der Waals surface area contributed by atoms with Gasteiger partial charge in [0, 0.05) is 22.9 Å². The Balaban J connectivity index is 2.37. The Morgan fingerprint density at radius 3 is 2.11 bits per heavy atom. The molecule has 0 heterocycles. The maximum Gasteiger partial charge on any atom is 0.193 e. The molecule has 0 unspecified atom stereocenters. The monoisotopic (exact) mass is 278 g/mol. The third kappa shape index (κ3) is 2.74. The molecule has 0 aliphatic heterocycles. The van der Waals surface area contributed by atoms with Crippen molar-refractivity contribution in [3.05, 3.63) is 70.8 Å². The van der Waals surface area contributed by atoms with Crippen LogP contribution in [0.4, 0.5) is 0 Å². The van der Waals surface area contributed by atoms with Gasteiger partial charge in [-0.3, -0.25) is 4.79 Å². The zero-order valence-corrected chi connectivity index (χ0v) is 11.2. The van der Waals surface area contributed by atoms with E-state index in [0.717, 1.165) is 11.1 Å². The molecular formula is C15H12Cl2O. The average molecular weight is 279 g/mol. The number of alkyl halides is 2. The van der Waals surface area contributed by atoms with E-state index >= 15 is 0 Å². The fourth-order valence-electron chi connectivity index (χ4n) is 1.78.